The smallest absolute Gasteiger partial charge is 0.349 e. The summed E-state index contributed by atoms with van der Waals surface area (Å²) in [7, 11) is 0. The van der Waals surface area contributed by atoms with Gasteiger partial charge in [0.1, 0.15) is 0 Å². The van der Waals surface area contributed by atoms with E-state index >= 15 is 0 Å². The van der Waals surface area contributed by atoms with E-state index in [1.54, 1.807) is 6.07 Å². The van der Waals surface area contributed by atoms with Crippen LogP contribution in [0.3, 0.4) is 0 Å². The Labute approximate surface area is 149 Å². The van der Waals surface area contributed by atoms with Crippen molar-refractivity contribution < 1.29 is 13.2 Å². The standard InChI is InChI=1S/C17H21F3N4S/c1-2-9-24(11-12-7-8-12)16-22-15(23-25-16)21-10-13-5-3-4-6-14(13)17(18,19)20/h3-6,12H,2,7-11H2,1H3,(H,21,23). The predicted molar refractivity (Wildman–Crippen MR) is 93.9 cm³/mol. The van der Waals surface area contributed by atoms with Crippen molar-refractivity contribution in [2.24, 2.45) is 5.92 Å². The highest BCUT2D eigenvalue weighted by Crippen LogP contribution is 2.33. The Morgan fingerprint density at radius 2 is 2.04 bits per heavy atom. The van der Waals surface area contributed by atoms with E-state index in [1.807, 2.05) is 0 Å². The van der Waals surface area contributed by atoms with Gasteiger partial charge in [-0.25, -0.2) is 0 Å². The van der Waals surface area contributed by atoms with Crippen molar-refractivity contribution in [3.8, 4) is 0 Å². The molecular formula is C17H21F3N4S. The molecule has 0 aliphatic heterocycles. The van der Waals surface area contributed by atoms with E-state index in [4.69, 9.17) is 0 Å². The number of benzene rings is 1. The quantitative estimate of drug-likeness (QED) is 0.725. The van der Waals surface area contributed by atoms with Gasteiger partial charge in [-0.3, -0.25) is 0 Å². The monoisotopic (exact) mass is 370 g/mol. The van der Waals surface area contributed by atoms with Gasteiger partial charge in [0.2, 0.25) is 11.1 Å². The molecule has 8 heteroatoms. The maximum atomic E-state index is 13.0. The van der Waals surface area contributed by atoms with Crippen molar-refractivity contribution in [3.05, 3.63) is 35.4 Å². The van der Waals surface area contributed by atoms with Crippen LogP contribution < -0.4 is 10.2 Å². The number of rotatable bonds is 8. The SMILES string of the molecule is CCCN(CC1CC1)c1nc(NCc2ccccc2C(F)(F)F)ns1. The Balaban J connectivity index is 1.65. The molecule has 1 aromatic heterocycles. The van der Waals surface area contributed by atoms with E-state index in [9.17, 15) is 13.2 Å². The normalized spacial score (nSPS) is 14.6. The van der Waals surface area contributed by atoms with Crippen LogP contribution in [0.25, 0.3) is 0 Å². The third-order valence-electron chi connectivity index (χ3n) is 4.11. The van der Waals surface area contributed by atoms with Crippen molar-refractivity contribution in [2.45, 2.75) is 38.9 Å². The molecule has 0 amide bonds. The number of hydrogen-bond acceptors (Lipinski definition) is 5. The maximum Gasteiger partial charge on any atom is 0.416 e. The summed E-state index contributed by atoms with van der Waals surface area (Å²) in [5, 5.41) is 3.75. The summed E-state index contributed by atoms with van der Waals surface area (Å²) in [6.45, 7) is 4.07. The molecule has 1 saturated carbocycles. The summed E-state index contributed by atoms with van der Waals surface area (Å²) in [6.07, 6.45) is -0.814. The molecule has 1 aliphatic carbocycles. The Hall–Kier alpha value is -1.83. The number of nitrogens with zero attached hydrogens (tertiary/aromatic N) is 3. The highest BCUT2D eigenvalue weighted by Gasteiger charge is 2.32. The first-order valence-electron chi connectivity index (χ1n) is 8.45. The van der Waals surface area contributed by atoms with Gasteiger partial charge in [-0.1, -0.05) is 25.1 Å². The topological polar surface area (TPSA) is 41.1 Å². The van der Waals surface area contributed by atoms with Gasteiger partial charge < -0.3 is 10.2 Å². The van der Waals surface area contributed by atoms with Gasteiger partial charge in [0, 0.05) is 31.2 Å². The fourth-order valence-electron chi connectivity index (χ4n) is 2.69. The molecule has 1 aromatic carbocycles. The zero-order valence-corrected chi connectivity index (χ0v) is 14.8. The Kier molecular flexibility index (Phi) is 5.46. The Morgan fingerprint density at radius 1 is 1.28 bits per heavy atom. The molecule has 0 spiro atoms. The van der Waals surface area contributed by atoms with Crippen LogP contribution in [0.4, 0.5) is 24.3 Å². The zero-order chi connectivity index (χ0) is 17.9. The first-order valence-corrected chi connectivity index (χ1v) is 9.22. The van der Waals surface area contributed by atoms with E-state index in [-0.39, 0.29) is 12.1 Å². The summed E-state index contributed by atoms with van der Waals surface area (Å²) in [5.74, 6) is 1.12. The first-order chi connectivity index (χ1) is 12.0. The van der Waals surface area contributed by atoms with Gasteiger partial charge in [0.05, 0.1) is 5.56 Å². The number of alkyl halides is 3. The van der Waals surface area contributed by atoms with Crippen LogP contribution in [-0.4, -0.2) is 22.4 Å². The number of aromatic nitrogens is 2. The second-order valence-electron chi connectivity index (χ2n) is 6.30. The molecule has 25 heavy (non-hydrogen) atoms. The highest BCUT2D eigenvalue weighted by molar-refractivity contribution is 7.09. The van der Waals surface area contributed by atoms with Gasteiger partial charge in [-0.05, 0) is 36.8 Å². The average molecular weight is 370 g/mol. The largest absolute Gasteiger partial charge is 0.416 e. The lowest BCUT2D eigenvalue weighted by Gasteiger charge is -2.20. The fraction of sp³-hybridized carbons (Fsp3) is 0.529. The van der Waals surface area contributed by atoms with Crippen LogP contribution in [0.15, 0.2) is 24.3 Å². The van der Waals surface area contributed by atoms with E-state index in [0.717, 1.165) is 36.6 Å². The average Bonchev–Trinajstić information content (AvgIpc) is 3.27. The van der Waals surface area contributed by atoms with Gasteiger partial charge >= 0.3 is 6.18 Å². The van der Waals surface area contributed by atoms with E-state index < -0.39 is 11.7 Å². The molecule has 0 atom stereocenters. The second-order valence-corrected chi connectivity index (χ2v) is 7.03. The molecule has 1 heterocycles. The number of halogens is 3. The van der Waals surface area contributed by atoms with Crippen molar-refractivity contribution in [1.82, 2.24) is 9.36 Å². The molecule has 136 valence electrons. The fourth-order valence-corrected chi connectivity index (χ4v) is 3.37. The summed E-state index contributed by atoms with van der Waals surface area (Å²) in [6, 6.07) is 5.56. The minimum absolute atomic E-state index is 0.0439. The van der Waals surface area contributed by atoms with Crippen LogP contribution in [0.1, 0.15) is 37.3 Å². The Morgan fingerprint density at radius 3 is 2.72 bits per heavy atom. The predicted octanol–water partition coefficient (Wildman–Crippen LogP) is 4.80. The Bertz CT molecular complexity index is 697. The van der Waals surface area contributed by atoms with Gasteiger partial charge in [-0.15, -0.1) is 0 Å². The van der Waals surface area contributed by atoms with Crippen LogP contribution in [0.2, 0.25) is 0 Å². The zero-order valence-electron chi connectivity index (χ0n) is 14.0. The lowest BCUT2D eigenvalue weighted by atomic mass is 10.1. The van der Waals surface area contributed by atoms with E-state index in [1.165, 1.54) is 36.5 Å². The molecule has 2 aromatic rings. The minimum Gasteiger partial charge on any atom is -0.349 e. The third kappa shape index (κ3) is 4.84. The molecule has 0 saturated heterocycles. The number of anilines is 2. The molecule has 1 aliphatic rings. The lowest BCUT2D eigenvalue weighted by Crippen LogP contribution is -2.26. The van der Waals surface area contributed by atoms with Crippen molar-refractivity contribution in [2.75, 3.05) is 23.3 Å². The highest BCUT2D eigenvalue weighted by atomic mass is 32.1. The summed E-state index contributed by atoms with van der Waals surface area (Å²) >= 11 is 1.29. The van der Waals surface area contributed by atoms with Crippen molar-refractivity contribution in [1.29, 1.82) is 0 Å². The summed E-state index contributed by atoms with van der Waals surface area (Å²) in [4.78, 5) is 6.68. The van der Waals surface area contributed by atoms with E-state index in [2.05, 4.69) is 26.5 Å². The second kappa shape index (κ2) is 7.59. The van der Waals surface area contributed by atoms with Crippen LogP contribution in [0.5, 0.6) is 0 Å². The first kappa shape index (κ1) is 18.0. The van der Waals surface area contributed by atoms with Crippen LogP contribution in [0, 0.1) is 5.92 Å². The molecule has 1 N–H and O–H groups in total. The summed E-state index contributed by atoms with van der Waals surface area (Å²) in [5.41, 5.74) is -0.436. The minimum atomic E-state index is -4.36. The maximum absolute atomic E-state index is 13.0. The molecule has 4 nitrogen and oxygen atoms in total. The number of nitrogens with one attached hydrogen (secondary N) is 1. The van der Waals surface area contributed by atoms with E-state index in [0.29, 0.717) is 5.95 Å². The molecule has 1 fully saturated rings. The number of hydrogen-bond donors (Lipinski definition) is 1. The van der Waals surface area contributed by atoms with Crippen LogP contribution >= 0.6 is 11.5 Å². The molecule has 0 radical (unpaired) electrons. The van der Waals surface area contributed by atoms with Crippen molar-refractivity contribution in [3.63, 3.8) is 0 Å². The molecule has 3 rings (SSSR count). The van der Waals surface area contributed by atoms with Gasteiger partial charge in [0.25, 0.3) is 0 Å². The van der Waals surface area contributed by atoms with Gasteiger partial charge in [-0.2, -0.15) is 22.5 Å². The van der Waals surface area contributed by atoms with Crippen LogP contribution in [-0.2, 0) is 12.7 Å². The third-order valence-corrected chi connectivity index (χ3v) is 4.89. The van der Waals surface area contributed by atoms with Crippen molar-refractivity contribution >= 4 is 22.6 Å². The molecular weight excluding hydrogens is 349 g/mol. The molecule has 0 unspecified atom stereocenters. The summed E-state index contributed by atoms with van der Waals surface area (Å²) < 4.78 is 43.3. The lowest BCUT2D eigenvalue weighted by molar-refractivity contribution is -0.138. The van der Waals surface area contributed by atoms with Gasteiger partial charge in [0.15, 0.2) is 0 Å². The molecule has 0 bridgehead atoms.